The van der Waals surface area contributed by atoms with E-state index < -0.39 is 0 Å². The summed E-state index contributed by atoms with van der Waals surface area (Å²) in [7, 11) is -0.362. The Balaban J connectivity index is 2.98. The Hall–Kier alpha value is -0.763. The van der Waals surface area contributed by atoms with Crippen LogP contribution < -0.4 is 0 Å². The number of allylic oxidation sites excluding steroid dienone is 3. The number of hydrogen-bond donors (Lipinski definition) is 0. The van der Waals surface area contributed by atoms with E-state index in [1.54, 1.807) is 18.4 Å². The van der Waals surface area contributed by atoms with Crippen LogP contribution in [0.25, 0.3) is 0 Å². The summed E-state index contributed by atoms with van der Waals surface area (Å²) < 4.78 is 5.13. The van der Waals surface area contributed by atoms with Gasteiger partial charge in [-0.15, -0.1) is 6.58 Å². The molecule has 1 nitrogen and oxygen atoms in total. The van der Waals surface area contributed by atoms with Crippen molar-refractivity contribution in [1.82, 2.24) is 0 Å². The minimum Gasteiger partial charge on any atom is -0.554 e. The lowest BCUT2D eigenvalue weighted by Crippen LogP contribution is -1.87. The maximum absolute atomic E-state index is 5.13. The first-order valence-corrected chi connectivity index (χ1v) is 4.49. The molecule has 0 fully saturated rings. The van der Waals surface area contributed by atoms with Gasteiger partial charge in [-0.3, -0.25) is 0 Å². The van der Waals surface area contributed by atoms with Gasteiger partial charge in [0.05, 0.1) is 6.26 Å². The molecule has 0 saturated heterocycles. The smallest absolute Gasteiger partial charge is 0.222 e. The molecule has 0 bridgehead atoms. The van der Waals surface area contributed by atoms with Crippen molar-refractivity contribution >= 4 is 9.76 Å². The molecule has 0 rings (SSSR count). The van der Waals surface area contributed by atoms with Crippen molar-refractivity contribution in [3.63, 3.8) is 0 Å². The van der Waals surface area contributed by atoms with Gasteiger partial charge in [0.25, 0.3) is 0 Å². The lowest BCUT2D eigenvalue weighted by Gasteiger charge is -1.92. The summed E-state index contributed by atoms with van der Waals surface area (Å²) in [6.07, 6.45) is 7.05. The highest BCUT2D eigenvalue weighted by Crippen LogP contribution is 1.82. The summed E-state index contributed by atoms with van der Waals surface area (Å²) in [5.41, 5.74) is 0. The van der Waals surface area contributed by atoms with Crippen LogP contribution >= 0.6 is 0 Å². The van der Waals surface area contributed by atoms with Gasteiger partial charge in [-0.05, 0) is 12.1 Å². The van der Waals surface area contributed by atoms with Crippen LogP contribution in [0.2, 0.25) is 6.04 Å². The van der Waals surface area contributed by atoms with Crippen molar-refractivity contribution < 1.29 is 4.43 Å². The molecule has 50 valence electrons. The fraction of sp³-hybridized carbons (Fsp3) is 0.143. The zero-order valence-electron chi connectivity index (χ0n) is 5.55. The SMILES string of the molecule is C=CC=CO[SiH2]CC=C. The second-order valence-corrected chi connectivity index (χ2v) is 2.83. The largest absolute Gasteiger partial charge is 0.554 e. The van der Waals surface area contributed by atoms with Crippen molar-refractivity contribution in [2.24, 2.45) is 0 Å². The average molecular weight is 140 g/mol. The standard InChI is InChI=1S/C7H12OSi/c1-3-5-6-8-9-7-4-2/h3-6H,1-2,7,9H2. The third kappa shape index (κ3) is 7.24. The molecule has 0 aliphatic rings. The van der Waals surface area contributed by atoms with E-state index in [2.05, 4.69) is 13.2 Å². The molecule has 0 amide bonds. The van der Waals surface area contributed by atoms with Crippen LogP contribution in [0.1, 0.15) is 0 Å². The van der Waals surface area contributed by atoms with Gasteiger partial charge in [-0.2, -0.15) is 0 Å². The normalized spacial score (nSPS) is 10.7. The third-order valence-electron chi connectivity index (χ3n) is 0.751. The van der Waals surface area contributed by atoms with Crippen molar-refractivity contribution in [2.45, 2.75) is 6.04 Å². The Bertz CT molecular complexity index is 107. The van der Waals surface area contributed by atoms with Crippen LogP contribution in [-0.4, -0.2) is 9.76 Å². The maximum atomic E-state index is 5.13. The maximum Gasteiger partial charge on any atom is 0.222 e. The van der Waals surface area contributed by atoms with E-state index in [1.165, 1.54) is 0 Å². The van der Waals surface area contributed by atoms with Crippen LogP contribution in [0.5, 0.6) is 0 Å². The Kier molecular flexibility index (Phi) is 6.62. The lowest BCUT2D eigenvalue weighted by atomic mass is 10.6. The van der Waals surface area contributed by atoms with Crippen molar-refractivity contribution in [2.75, 3.05) is 0 Å². The molecule has 0 aromatic carbocycles. The predicted octanol–water partition coefficient (Wildman–Crippen LogP) is 1.39. The molecule has 9 heavy (non-hydrogen) atoms. The molecule has 0 spiro atoms. The third-order valence-corrected chi connectivity index (χ3v) is 1.82. The Morgan fingerprint density at radius 2 is 2.22 bits per heavy atom. The number of rotatable bonds is 5. The van der Waals surface area contributed by atoms with Crippen molar-refractivity contribution in [1.29, 1.82) is 0 Å². The summed E-state index contributed by atoms with van der Waals surface area (Å²) in [6.45, 7) is 7.10. The molecular formula is C7H12OSi. The molecule has 0 aromatic heterocycles. The summed E-state index contributed by atoms with van der Waals surface area (Å²) in [6, 6.07) is 1.03. The Morgan fingerprint density at radius 1 is 1.44 bits per heavy atom. The highest BCUT2D eigenvalue weighted by molar-refractivity contribution is 6.28. The van der Waals surface area contributed by atoms with Gasteiger partial charge in [0, 0.05) is 0 Å². The van der Waals surface area contributed by atoms with E-state index in [-0.39, 0.29) is 9.76 Å². The van der Waals surface area contributed by atoms with Crippen LogP contribution in [0.3, 0.4) is 0 Å². The second-order valence-electron chi connectivity index (χ2n) is 1.51. The minimum atomic E-state index is -0.362. The van der Waals surface area contributed by atoms with Crippen molar-refractivity contribution in [3.05, 3.63) is 37.6 Å². The van der Waals surface area contributed by atoms with E-state index >= 15 is 0 Å². The zero-order chi connectivity index (χ0) is 6.95. The van der Waals surface area contributed by atoms with E-state index in [1.807, 2.05) is 6.08 Å². The highest BCUT2D eigenvalue weighted by Gasteiger charge is 1.76. The van der Waals surface area contributed by atoms with Gasteiger partial charge in [0.15, 0.2) is 0 Å². The molecule has 0 aromatic rings. The fourth-order valence-electron chi connectivity index (χ4n) is 0.331. The lowest BCUT2D eigenvalue weighted by molar-refractivity contribution is 0.516. The summed E-state index contributed by atoms with van der Waals surface area (Å²) >= 11 is 0. The molecule has 0 saturated carbocycles. The van der Waals surface area contributed by atoms with E-state index in [4.69, 9.17) is 4.43 Å². The summed E-state index contributed by atoms with van der Waals surface area (Å²) in [4.78, 5) is 0. The molecule has 0 N–H and O–H groups in total. The molecule has 2 heteroatoms. The Labute approximate surface area is 58.7 Å². The first kappa shape index (κ1) is 8.24. The fourth-order valence-corrected chi connectivity index (χ4v) is 0.880. The van der Waals surface area contributed by atoms with E-state index in [9.17, 15) is 0 Å². The molecule has 0 atom stereocenters. The molecular weight excluding hydrogens is 128 g/mol. The highest BCUT2D eigenvalue weighted by atomic mass is 28.2. The first-order chi connectivity index (χ1) is 4.41. The van der Waals surface area contributed by atoms with Gasteiger partial charge in [-0.1, -0.05) is 18.7 Å². The number of hydrogen-bond acceptors (Lipinski definition) is 1. The zero-order valence-corrected chi connectivity index (χ0v) is 6.96. The molecule has 0 aliphatic heterocycles. The van der Waals surface area contributed by atoms with Gasteiger partial charge in [0.1, 0.15) is 0 Å². The van der Waals surface area contributed by atoms with Crippen LogP contribution in [0, 0.1) is 0 Å². The topological polar surface area (TPSA) is 9.23 Å². The van der Waals surface area contributed by atoms with Crippen LogP contribution in [0.4, 0.5) is 0 Å². The minimum absolute atomic E-state index is 0.362. The van der Waals surface area contributed by atoms with E-state index in [0.29, 0.717) is 0 Å². The molecule has 0 heterocycles. The van der Waals surface area contributed by atoms with Crippen molar-refractivity contribution in [3.8, 4) is 0 Å². The quantitative estimate of drug-likeness (QED) is 0.184. The van der Waals surface area contributed by atoms with Crippen LogP contribution in [0.15, 0.2) is 37.6 Å². The monoisotopic (exact) mass is 140 g/mol. The summed E-state index contributed by atoms with van der Waals surface area (Å²) in [5.74, 6) is 0. The van der Waals surface area contributed by atoms with Gasteiger partial charge >= 0.3 is 0 Å². The molecule has 0 unspecified atom stereocenters. The Morgan fingerprint density at radius 3 is 2.78 bits per heavy atom. The van der Waals surface area contributed by atoms with Gasteiger partial charge in [0.2, 0.25) is 9.76 Å². The average Bonchev–Trinajstić information content (AvgIpc) is 1.89. The molecule has 0 radical (unpaired) electrons. The summed E-state index contributed by atoms with van der Waals surface area (Å²) in [5, 5.41) is 0. The van der Waals surface area contributed by atoms with Crippen LogP contribution in [-0.2, 0) is 4.43 Å². The van der Waals surface area contributed by atoms with E-state index in [0.717, 1.165) is 6.04 Å². The molecule has 0 aliphatic carbocycles. The van der Waals surface area contributed by atoms with Gasteiger partial charge in [-0.25, -0.2) is 0 Å². The predicted molar refractivity (Wildman–Crippen MR) is 44.0 cm³/mol. The first-order valence-electron chi connectivity index (χ1n) is 2.92. The van der Waals surface area contributed by atoms with Gasteiger partial charge < -0.3 is 4.43 Å². The second kappa shape index (κ2) is 7.24.